The van der Waals surface area contributed by atoms with Crippen molar-refractivity contribution in [3.8, 4) is 5.75 Å². The van der Waals surface area contributed by atoms with Gasteiger partial charge in [-0.1, -0.05) is 11.6 Å². The second kappa shape index (κ2) is 5.80. The maximum atomic E-state index is 6.09. The Balaban J connectivity index is 3.29. The highest BCUT2D eigenvalue weighted by Crippen LogP contribution is 2.34. The summed E-state index contributed by atoms with van der Waals surface area (Å²) in [6.45, 7) is 2.00. The number of thiol groups is 1. The van der Waals surface area contributed by atoms with E-state index in [-0.39, 0.29) is 6.04 Å². The first-order valence-corrected chi connectivity index (χ1v) is 6.13. The number of aryl methyl sites for hydroxylation is 1. The first kappa shape index (κ1) is 13.7. The van der Waals surface area contributed by atoms with E-state index in [9.17, 15) is 0 Å². The Kier molecular flexibility index (Phi) is 4.96. The number of hydrogen-bond donors (Lipinski definition) is 1. The molecule has 0 saturated heterocycles. The van der Waals surface area contributed by atoms with E-state index < -0.39 is 0 Å². The van der Waals surface area contributed by atoms with Gasteiger partial charge in [-0.2, -0.15) is 12.6 Å². The monoisotopic (exact) mass is 259 g/mol. The molecule has 0 saturated carbocycles. The van der Waals surface area contributed by atoms with Crippen LogP contribution in [0.5, 0.6) is 5.75 Å². The van der Waals surface area contributed by atoms with Gasteiger partial charge in [0.15, 0.2) is 0 Å². The summed E-state index contributed by atoms with van der Waals surface area (Å²) in [5.41, 5.74) is 2.14. The maximum Gasteiger partial charge on any atom is 0.126 e. The topological polar surface area (TPSA) is 12.5 Å². The van der Waals surface area contributed by atoms with E-state index in [0.717, 1.165) is 27.7 Å². The summed E-state index contributed by atoms with van der Waals surface area (Å²) in [7, 11) is 5.73. The summed E-state index contributed by atoms with van der Waals surface area (Å²) < 4.78 is 5.44. The zero-order chi connectivity index (χ0) is 12.3. The highest BCUT2D eigenvalue weighted by molar-refractivity contribution is 7.80. The van der Waals surface area contributed by atoms with Crippen LogP contribution in [-0.4, -0.2) is 31.9 Å². The standard InChI is InChI=1S/C12H18ClNOS/c1-8-5-9(13)6-10(12(8)15-4)11(7-16)14(2)3/h5-6,11,16H,7H2,1-4H3. The van der Waals surface area contributed by atoms with Gasteiger partial charge in [-0.05, 0) is 38.7 Å². The lowest BCUT2D eigenvalue weighted by molar-refractivity contribution is 0.312. The number of methoxy groups -OCH3 is 1. The number of ether oxygens (including phenoxy) is 1. The summed E-state index contributed by atoms with van der Waals surface area (Å²) in [6, 6.07) is 4.07. The minimum Gasteiger partial charge on any atom is -0.496 e. The molecule has 16 heavy (non-hydrogen) atoms. The molecule has 90 valence electrons. The van der Waals surface area contributed by atoms with Crippen molar-refractivity contribution in [2.75, 3.05) is 27.0 Å². The smallest absolute Gasteiger partial charge is 0.126 e. The molecule has 0 aliphatic rings. The van der Waals surface area contributed by atoms with Gasteiger partial charge in [-0.3, -0.25) is 0 Å². The van der Waals surface area contributed by atoms with Crippen LogP contribution in [0.1, 0.15) is 17.2 Å². The molecule has 1 atom stereocenters. The van der Waals surface area contributed by atoms with Crippen molar-refractivity contribution in [3.05, 3.63) is 28.3 Å². The quantitative estimate of drug-likeness (QED) is 0.834. The molecule has 1 aromatic carbocycles. The third-order valence-electron chi connectivity index (χ3n) is 2.63. The SMILES string of the molecule is COc1c(C)cc(Cl)cc1C(CS)N(C)C. The Morgan fingerprint density at radius 1 is 1.44 bits per heavy atom. The van der Waals surface area contributed by atoms with Crippen LogP contribution in [0.2, 0.25) is 5.02 Å². The predicted octanol–water partition coefficient (Wildman–Crippen LogP) is 3.19. The van der Waals surface area contributed by atoms with Crippen molar-refractivity contribution in [2.24, 2.45) is 0 Å². The van der Waals surface area contributed by atoms with Crippen molar-refractivity contribution in [2.45, 2.75) is 13.0 Å². The van der Waals surface area contributed by atoms with Crippen LogP contribution in [0.25, 0.3) is 0 Å². The number of benzene rings is 1. The third-order valence-corrected chi connectivity index (χ3v) is 3.19. The van der Waals surface area contributed by atoms with Crippen LogP contribution in [-0.2, 0) is 0 Å². The van der Waals surface area contributed by atoms with E-state index >= 15 is 0 Å². The fourth-order valence-electron chi connectivity index (χ4n) is 1.82. The van der Waals surface area contributed by atoms with Crippen LogP contribution in [0.3, 0.4) is 0 Å². The lowest BCUT2D eigenvalue weighted by Gasteiger charge is -2.25. The summed E-state index contributed by atoms with van der Waals surface area (Å²) in [6.07, 6.45) is 0. The van der Waals surface area contributed by atoms with Crippen LogP contribution in [0, 0.1) is 6.92 Å². The molecule has 0 aliphatic heterocycles. The van der Waals surface area contributed by atoms with Gasteiger partial charge in [0.2, 0.25) is 0 Å². The van der Waals surface area contributed by atoms with Gasteiger partial charge in [-0.25, -0.2) is 0 Å². The summed E-state index contributed by atoms with van der Waals surface area (Å²) in [5, 5.41) is 0.738. The summed E-state index contributed by atoms with van der Waals surface area (Å²) in [4.78, 5) is 2.11. The molecule has 0 aromatic heterocycles. The Hall–Kier alpha value is -0.380. The molecule has 0 aliphatic carbocycles. The molecule has 4 heteroatoms. The van der Waals surface area contributed by atoms with Gasteiger partial charge in [-0.15, -0.1) is 0 Å². The molecular weight excluding hydrogens is 242 g/mol. The molecular formula is C12H18ClNOS. The molecule has 0 heterocycles. The molecule has 1 aromatic rings. The number of hydrogen-bond acceptors (Lipinski definition) is 3. The molecule has 0 amide bonds. The van der Waals surface area contributed by atoms with Crippen LogP contribution < -0.4 is 4.74 Å². The third kappa shape index (κ3) is 2.84. The largest absolute Gasteiger partial charge is 0.496 e. The van der Waals surface area contributed by atoms with Crippen molar-refractivity contribution in [1.82, 2.24) is 4.90 Å². The minimum absolute atomic E-state index is 0.204. The highest BCUT2D eigenvalue weighted by atomic mass is 35.5. The minimum atomic E-state index is 0.204. The first-order valence-electron chi connectivity index (χ1n) is 5.12. The number of nitrogens with zero attached hydrogens (tertiary/aromatic N) is 1. The van der Waals surface area contributed by atoms with E-state index in [0.29, 0.717) is 0 Å². The van der Waals surface area contributed by atoms with Crippen LogP contribution in [0.4, 0.5) is 0 Å². The average molecular weight is 260 g/mol. The van der Waals surface area contributed by atoms with Crippen molar-refractivity contribution >= 4 is 24.2 Å². The molecule has 0 radical (unpaired) electrons. The molecule has 0 fully saturated rings. The van der Waals surface area contributed by atoms with Gasteiger partial charge in [0, 0.05) is 22.4 Å². The molecule has 1 unspecified atom stereocenters. The zero-order valence-electron chi connectivity index (χ0n) is 10.1. The van der Waals surface area contributed by atoms with Crippen molar-refractivity contribution in [1.29, 1.82) is 0 Å². The van der Waals surface area contributed by atoms with Crippen LogP contribution >= 0.6 is 24.2 Å². The van der Waals surface area contributed by atoms with Crippen molar-refractivity contribution < 1.29 is 4.74 Å². The lowest BCUT2D eigenvalue weighted by atomic mass is 10.0. The van der Waals surface area contributed by atoms with Gasteiger partial charge in [0.1, 0.15) is 5.75 Å². The Morgan fingerprint density at radius 3 is 2.50 bits per heavy atom. The van der Waals surface area contributed by atoms with E-state index in [1.807, 2.05) is 33.2 Å². The van der Waals surface area contributed by atoms with E-state index in [4.69, 9.17) is 16.3 Å². The van der Waals surface area contributed by atoms with Crippen molar-refractivity contribution in [3.63, 3.8) is 0 Å². The Morgan fingerprint density at radius 2 is 2.06 bits per heavy atom. The fourth-order valence-corrected chi connectivity index (χ4v) is 2.63. The fraction of sp³-hybridized carbons (Fsp3) is 0.500. The van der Waals surface area contributed by atoms with E-state index in [1.54, 1.807) is 7.11 Å². The molecule has 0 spiro atoms. The number of halogens is 1. The van der Waals surface area contributed by atoms with Crippen LogP contribution in [0.15, 0.2) is 12.1 Å². The van der Waals surface area contributed by atoms with Gasteiger partial charge in [0.25, 0.3) is 0 Å². The predicted molar refractivity (Wildman–Crippen MR) is 73.0 cm³/mol. The molecule has 0 bridgehead atoms. The highest BCUT2D eigenvalue weighted by Gasteiger charge is 2.19. The van der Waals surface area contributed by atoms with E-state index in [2.05, 4.69) is 17.5 Å². The zero-order valence-corrected chi connectivity index (χ0v) is 11.8. The van der Waals surface area contributed by atoms with E-state index in [1.165, 1.54) is 0 Å². The Labute approximate surface area is 108 Å². The van der Waals surface area contributed by atoms with Gasteiger partial charge in [0.05, 0.1) is 7.11 Å². The summed E-state index contributed by atoms with van der Waals surface area (Å²) in [5.74, 6) is 1.63. The van der Waals surface area contributed by atoms with Gasteiger partial charge < -0.3 is 9.64 Å². The normalized spacial score (nSPS) is 12.9. The maximum absolute atomic E-state index is 6.09. The average Bonchev–Trinajstić information content (AvgIpc) is 2.17. The lowest BCUT2D eigenvalue weighted by Crippen LogP contribution is -2.22. The summed E-state index contributed by atoms with van der Waals surface area (Å²) >= 11 is 10.5. The van der Waals surface area contributed by atoms with Gasteiger partial charge >= 0.3 is 0 Å². The Bertz CT molecular complexity index is 368. The molecule has 2 nitrogen and oxygen atoms in total. The number of rotatable bonds is 4. The second-order valence-electron chi connectivity index (χ2n) is 4.01. The molecule has 0 N–H and O–H groups in total. The molecule has 1 rings (SSSR count). The second-order valence-corrected chi connectivity index (χ2v) is 4.81. The first-order chi connectivity index (χ1) is 7.51.